The van der Waals surface area contributed by atoms with Crippen molar-refractivity contribution in [3.05, 3.63) is 39.8 Å². The van der Waals surface area contributed by atoms with Gasteiger partial charge in [-0.3, -0.25) is 9.59 Å². The van der Waals surface area contributed by atoms with Crippen molar-refractivity contribution in [2.75, 3.05) is 19.7 Å². The van der Waals surface area contributed by atoms with E-state index in [0.29, 0.717) is 6.54 Å². The zero-order valence-corrected chi connectivity index (χ0v) is 17.0. The zero-order valence-electron chi connectivity index (χ0n) is 17.0. The molecule has 6 heteroatoms. The Morgan fingerprint density at radius 3 is 2.69 bits per heavy atom. The Bertz CT molecular complexity index is 884. The molecule has 0 aromatic carbocycles. The van der Waals surface area contributed by atoms with Crippen LogP contribution in [0, 0.1) is 11.8 Å². The predicted octanol–water partition coefficient (Wildman–Crippen LogP) is 2.07. The molecular weight excluding hydrogens is 366 g/mol. The van der Waals surface area contributed by atoms with E-state index in [2.05, 4.69) is 11.4 Å². The molecule has 4 aliphatic rings. The Kier molecular flexibility index (Phi) is 5.08. The number of nitrogens with zero attached hydrogens (tertiary/aromatic N) is 2. The molecule has 1 amide bonds. The predicted molar refractivity (Wildman–Crippen MR) is 111 cm³/mol. The van der Waals surface area contributed by atoms with Crippen molar-refractivity contribution in [2.24, 2.45) is 11.8 Å². The van der Waals surface area contributed by atoms with Gasteiger partial charge in [0.15, 0.2) is 0 Å². The number of carbonyl (C=O) groups excluding carboxylic acids is 1. The average Bonchev–Trinajstić information content (AvgIpc) is 3.07. The molecule has 4 heterocycles. The Balaban J connectivity index is 1.51. The van der Waals surface area contributed by atoms with Crippen LogP contribution in [0.3, 0.4) is 0 Å². The molecular formula is C23H31N3O3. The lowest BCUT2D eigenvalue weighted by molar-refractivity contribution is -0.138. The number of fused-ring (bicyclic) bond motifs is 4. The SMILES string of the molecule is O=C([C@@H]1[C@@H](CO)[C@@H]2Cn3c(ccc(C4=CCCCC4)c3=O)[C@H]1N2)N1CCCCC1. The van der Waals surface area contributed by atoms with Crippen molar-refractivity contribution in [3.63, 3.8) is 0 Å². The van der Waals surface area contributed by atoms with Gasteiger partial charge in [0.25, 0.3) is 5.56 Å². The van der Waals surface area contributed by atoms with Crippen LogP contribution in [-0.4, -0.2) is 46.2 Å². The van der Waals surface area contributed by atoms with Gasteiger partial charge in [-0.25, -0.2) is 0 Å². The van der Waals surface area contributed by atoms with Crippen LogP contribution < -0.4 is 10.9 Å². The van der Waals surface area contributed by atoms with E-state index in [0.717, 1.165) is 56.5 Å². The molecule has 0 radical (unpaired) electrons. The average molecular weight is 398 g/mol. The minimum Gasteiger partial charge on any atom is -0.396 e. The molecule has 1 aromatic heterocycles. The number of amides is 1. The van der Waals surface area contributed by atoms with Gasteiger partial charge in [-0.05, 0) is 62.7 Å². The standard InChI is InChI=1S/C23H31N3O3/c27-14-17-18-13-26-19(10-9-16(22(26)28)15-7-3-1-4-8-15)21(24-18)20(17)23(29)25-11-5-2-6-12-25/h7,9-10,17-18,20-21,24,27H,1-6,8,11-14H2/t17-,18-,20+,21+/m0/s1. The number of aliphatic hydroxyl groups is 1. The number of allylic oxidation sites excluding steroid dienone is 2. The highest BCUT2D eigenvalue weighted by Gasteiger charge is 2.51. The second-order valence-electron chi connectivity index (χ2n) is 9.07. The van der Waals surface area contributed by atoms with E-state index in [-0.39, 0.29) is 42.0 Å². The minimum atomic E-state index is -0.295. The lowest BCUT2D eigenvalue weighted by Crippen LogP contribution is -2.44. The number of carbonyl (C=O) groups is 1. The molecule has 5 rings (SSSR count). The van der Waals surface area contributed by atoms with E-state index >= 15 is 0 Å². The van der Waals surface area contributed by atoms with Crippen LogP contribution in [0.5, 0.6) is 0 Å². The molecule has 2 saturated heterocycles. The van der Waals surface area contributed by atoms with Gasteiger partial charge < -0.3 is 19.9 Å². The summed E-state index contributed by atoms with van der Waals surface area (Å²) in [6.07, 6.45) is 9.84. The monoisotopic (exact) mass is 397 g/mol. The Morgan fingerprint density at radius 1 is 1.14 bits per heavy atom. The van der Waals surface area contributed by atoms with Gasteiger partial charge in [-0.2, -0.15) is 0 Å². The topological polar surface area (TPSA) is 74.6 Å². The van der Waals surface area contributed by atoms with Crippen LogP contribution >= 0.6 is 0 Å². The van der Waals surface area contributed by atoms with Gasteiger partial charge in [-0.15, -0.1) is 0 Å². The summed E-state index contributed by atoms with van der Waals surface area (Å²) >= 11 is 0. The third kappa shape index (κ3) is 3.17. The molecule has 6 nitrogen and oxygen atoms in total. The third-order valence-electron chi connectivity index (χ3n) is 7.44. The fourth-order valence-corrected chi connectivity index (χ4v) is 5.88. The van der Waals surface area contributed by atoms with Gasteiger partial charge in [0, 0.05) is 49.5 Å². The summed E-state index contributed by atoms with van der Waals surface area (Å²) in [4.78, 5) is 28.7. The summed E-state index contributed by atoms with van der Waals surface area (Å²) < 4.78 is 1.88. The highest BCUT2D eigenvalue weighted by atomic mass is 16.3. The summed E-state index contributed by atoms with van der Waals surface area (Å²) in [7, 11) is 0. The molecule has 0 saturated carbocycles. The fraction of sp³-hybridized carbons (Fsp3) is 0.652. The zero-order chi connectivity index (χ0) is 20.0. The molecule has 2 bridgehead atoms. The van der Waals surface area contributed by atoms with Crippen molar-refractivity contribution >= 4 is 11.5 Å². The molecule has 156 valence electrons. The number of aromatic nitrogens is 1. The van der Waals surface area contributed by atoms with Crippen LogP contribution in [0.4, 0.5) is 0 Å². The third-order valence-corrected chi connectivity index (χ3v) is 7.44. The van der Waals surface area contributed by atoms with E-state index in [4.69, 9.17) is 0 Å². The van der Waals surface area contributed by atoms with Crippen molar-refractivity contribution in [2.45, 2.75) is 63.6 Å². The summed E-state index contributed by atoms with van der Waals surface area (Å²) in [5.41, 5.74) is 2.95. The van der Waals surface area contributed by atoms with Gasteiger partial charge in [-0.1, -0.05) is 6.08 Å². The van der Waals surface area contributed by atoms with Gasteiger partial charge >= 0.3 is 0 Å². The molecule has 1 aliphatic carbocycles. The van der Waals surface area contributed by atoms with E-state index in [9.17, 15) is 14.7 Å². The highest BCUT2D eigenvalue weighted by molar-refractivity contribution is 5.81. The second-order valence-corrected chi connectivity index (χ2v) is 9.07. The molecule has 2 N–H and O–H groups in total. The molecule has 4 atom stereocenters. The normalized spacial score (nSPS) is 31.3. The number of hydrogen-bond acceptors (Lipinski definition) is 4. The Hall–Kier alpha value is -1.92. The van der Waals surface area contributed by atoms with E-state index in [1.807, 2.05) is 21.6 Å². The smallest absolute Gasteiger partial charge is 0.258 e. The number of nitrogens with one attached hydrogen (secondary N) is 1. The first-order valence-electron chi connectivity index (χ1n) is 11.3. The Morgan fingerprint density at radius 2 is 1.97 bits per heavy atom. The summed E-state index contributed by atoms with van der Waals surface area (Å²) in [6, 6.07) is 3.77. The maximum Gasteiger partial charge on any atom is 0.258 e. The first-order valence-corrected chi connectivity index (χ1v) is 11.3. The van der Waals surface area contributed by atoms with E-state index in [1.54, 1.807) is 0 Å². The van der Waals surface area contributed by atoms with Crippen molar-refractivity contribution in [1.82, 2.24) is 14.8 Å². The highest BCUT2D eigenvalue weighted by Crippen LogP contribution is 2.42. The van der Waals surface area contributed by atoms with E-state index in [1.165, 1.54) is 18.4 Å². The quantitative estimate of drug-likeness (QED) is 0.819. The van der Waals surface area contributed by atoms with Gasteiger partial charge in [0.1, 0.15) is 0 Å². The first kappa shape index (κ1) is 19.1. The maximum atomic E-state index is 13.4. The van der Waals surface area contributed by atoms with Crippen LogP contribution in [0.25, 0.3) is 5.57 Å². The number of pyridine rings is 1. The van der Waals surface area contributed by atoms with Crippen LogP contribution in [0.2, 0.25) is 0 Å². The largest absolute Gasteiger partial charge is 0.396 e. The molecule has 0 unspecified atom stereocenters. The van der Waals surface area contributed by atoms with Crippen LogP contribution in [0.15, 0.2) is 23.0 Å². The number of likely N-dealkylation sites (tertiary alicyclic amines) is 1. The molecule has 1 aromatic rings. The number of piperidine rings is 1. The lowest BCUT2D eigenvalue weighted by atomic mass is 9.85. The summed E-state index contributed by atoms with van der Waals surface area (Å²) in [6.45, 7) is 2.12. The second kappa shape index (κ2) is 7.73. The van der Waals surface area contributed by atoms with Gasteiger partial charge in [0.05, 0.1) is 12.0 Å². The molecule has 3 aliphatic heterocycles. The van der Waals surface area contributed by atoms with Gasteiger partial charge in [0.2, 0.25) is 5.91 Å². The maximum absolute atomic E-state index is 13.4. The van der Waals surface area contributed by atoms with Crippen molar-refractivity contribution in [1.29, 1.82) is 0 Å². The van der Waals surface area contributed by atoms with Crippen LogP contribution in [0.1, 0.15) is 62.2 Å². The molecule has 2 fully saturated rings. The summed E-state index contributed by atoms with van der Waals surface area (Å²) in [5, 5.41) is 13.7. The molecule has 29 heavy (non-hydrogen) atoms. The van der Waals surface area contributed by atoms with Crippen molar-refractivity contribution in [3.8, 4) is 0 Å². The first-order chi connectivity index (χ1) is 14.2. The molecule has 0 spiro atoms. The number of rotatable bonds is 3. The van der Waals surface area contributed by atoms with E-state index < -0.39 is 0 Å². The van der Waals surface area contributed by atoms with Crippen molar-refractivity contribution < 1.29 is 9.90 Å². The number of hydrogen-bond donors (Lipinski definition) is 2. The summed E-state index contributed by atoms with van der Waals surface area (Å²) in [5.74, 6) is -0.300. The minimum absolute atomic E-state index is 0.0286. The van der Waals surface area contributed by atoms with Crippen LogP contribution in [-0.2, 0) is 11.3 Å². The fourth-order valence-electron chi connectivity index (χ4n) is 5.88. The number of aliphatic hydroxyl groups excluding tert-OH is 1. The Labute approximate surface area is 171 Å². The lowest BCUT2D eigenvalue weighted by Gasteiger charge is -2.33.